The third kappa shape index (κ3) is 4.76. The maximum Gasteiger partial charge on any atom is 0.336 e. The zero-order valence-corrected chi connectivity index (χ0v) is 17.9. The minimum atomic E-state index is -3.37. The minimum Gasteiger partial charge on any atom is -0.497 e. The molecule has 168 valence electrons. The number of methoxy groups -OCH3 is 1. The van der Waals surface area contributed by atoms with Gasteiger partial charge in [-0.15, -0.1) is 0 Å². The van der Waals surface area contributed by atoms with Gasteiger partial charge in [-0.2, -0.15) is 0 Å². The first kappa shape index (κ1) is 21.8. The average Bonchev–Trinajstić information content (AvgIpc) is 3.02. The fourth-order valence-corrected chi connectivity index (χ4v) is 5.35. The molecule has 32 heavy (non-hydrogen) atoms. The summed E-state index contributed by atoms with van der Waals surface area (Å²) in [6.07, 6.45) is -1.14. The van der Waals surface area contributed by atoms with Gasteiger partial charge >= 0.3 is 5.63 Å². The highest BCUT2D eigenvalue weighted by molar-refractivity contribution is 7.91. The van der Waals surface area contributed by atoms with Gasteiger partial charge in [0.1, 0.15) is 17.1 Å². The van der Waals surface area contributed by atoms with Crippen molar-refractivity contribution in [2.45, 2.75) is 12.1 Å². The number of benzene rings is 2. The monoisotopic (exact) mass is 459 g/mol. The molecule has 4 rings (SSSR count). The summed E-state index contributed by atoms with van der Waals surface area (Å²) in [5.41, 5.74) is 1.25. The van der Waals surface area contributed by atoms with Crippen molar-refractivity contribution in [2.24, 2.45) is 0 Å². The molecule has 1 saturated heterocycles. The van der Waals surface area contributed by atoms with Crippen molar-refractivity contribution < 1.29 is 32.2 Å². The quantitative estimate of drug-likeness (QED) is 0.524. The molecule has 0 saturated carbocycles. The number of carbonyl (C=O) groups excluding carboxylic acids is 1. The zero-order valence-electron chi connectivity index (χ0n) is 17.1. The first-order chi connectivity index (χ1) is 15.2. The molecule has 9 nitrogen and oxygen atoms in total. The summed E-state index contributed by atoms with van der Waals surface area (Å²) in [5.74, 6) is -0.270. The van der Waals surface area contributed by atoms with Crippen LogP contribution >= 0.6 is 0 Å². The SMILES string of the molecule is COc1ccc(-c2cc(=O)oc3cc(OCC(=O)N[C@H]4CS(=O)(=O)C[C@@H]4O)ccc23)cc1. The number of nitrogens with one attached hydrogen (secondary N) is 1. The lowest BCUT2D eigenvalue weighted by Crippen LogP contribution is -2.44. The molecule has 3 aromatic rings. The zero-order chi connectivity index (χ0) is 22.9. The number of aliphatic hydroxyl groups is 1. The number of amides is 1. The lowest BCUT2D eigenvalue weighted by Gasteiger charge is -2.15. The molecule has 2 atom stereocenters. The fourth-order valence-electron chi connectivity index (χ4n) is 3.61. The van der Waals surface area contributed by atoms with E-state index < -0.39 is 40.1 Å². The van der Waals surface area contributed by atoms with E-state index in [4.69, 9.17) is 13.9 Å². The van der Waals surface area contributed by atoms with Gasteiger partial charge < -0.3 is 24.3 Å². The van der Waals surface area contributed by atoms with Crippen LogP contribution in [-0.2, 0) is 14.6 Å². The number of fused-ring (bicyclic) bond motifs is 1. The highest BCUT2D eigenvalue weighted by atomic mass is 32.2. The second kappa shape index (κ2) is 8.64. The molecule has 1 aliphatic rings. The van der Waals surface area contributed by atoms with Gasteiger partial charge in [0.15, 0.2) is 16.4 Å². The molecule has 0 radical (unpaired) electrons. The first-order valence-corrected chi connectivity index (χ1v) is 11.6. The van der Waals surface area contributed by atoms with Gasteiger partial charge in [-0.25, -0.2) is 13.2 Å². The summed E-state index contributed by atoms with van der Waals surface area (Å²) in [6.45, 7) is -0.392. The molecule has 0 aliphatic carbocycles. The van der Waals surface area contributed by atoms with Crippen molar-refractivity contribution in [3.05, 3.63) is 59.0 Å². The maximum absolute atomic E-state index is 12.1. The standard InChI is InChI=1S/C22H21NO8S/c1-29-14-4-2-13(3-5-14)17-9-22(26)31-20-8-15(6-7-16(17)20)30-10-21(25)23-18-11-32(27,28)12-19(18)24/h2-9,18-19,24H,10-12H2,1H3,(H,23,25)/t18-,19-/m0/s1. The van der Waals surface area contributed by atoms with Crippen LogP contribution in [0.2, 0.25) is 0 Å². The number of sulfone groups is 1. The van der Waals surface area contributed by atoms with Gasteiger partial charge in [-0.05, 0) is 35.4 Å². The number of hydrogen-bond donors (Lipinski definition) is 2. The molecule has 10 heteroatoms. The molecule has 0 unspecified atom stereocenters. The lowest BCUT2D eigenvalue weighted by molar-refractivity contribution is -0.124. The molecular weight excluding hydrogens is 438 g/mol. The molecule has 1 fully saturated rings. The predicted octanol–water partition coefficient (Wildman–Crippen LogP) is 1.12. The van der Waals surface area contributed by atoms with Crippen molar-refractivity contribution in [1.82, 2.24) is 5.32 Å². The lowest BCUT2D eigenvalue weighted by atomic mass is 10.0. The second-order valence-electron chi connectivity index (χ2n) is 7.47. The van der Waals surface area contributed by atoms with Crippen LogP contribution in [0.5, 0.6) is 11.5 Å². The van der Waals surface area contributed by atoms with Crippen molar-refractivity contribution in [2.75, 3.05) is 25.2 Å². The van der Waals surface area contributed by atoms with E-state index in [-0.39, 0.29) is 11.5 Å². The smallest absolute Gasteiger partial charge is 0.336 e. The molecule has 0 bridgehead atoms. The molecular formula is C22H21NO8S. The van der Waals surface area contributed by atoms with Gasteiger partial charge in [0, 0.05) is 17.5 Å². The highest BCUT2D eigenvalue weighted by Gasteiger charge is 2.37. The van der Waals surface area contributed by atoms with E-state index in [9.17, 15) is 23.1 Å². The van der Waals surface area contributed by atoms with Gasteiger partial charge in [-0.3, -0.25) is 4.79 Å². The van der Waals surface area contributed by atoms with Crippen LogP contribution in [0, 0.1) is 0 Å². The minimum absolute atomic E-state index is 0.290. The number of ether oxygens (including phenoxy) is 2. The van der Waals surface area contributed by atoms with Crippen molar-refractivity contribution in [3.63, 3.8) is 0 Å². The third-order valence-electron chi connectivity index (χ3n) is 5.16. The normalized spacial score (nSPS) is 19.6. The van der Waals surface area contributed by atoms with Gasteiger partial charge in [0.2, 0.25) is 0 Å². The second-order valence-corrected chi connectivity index (χ2v) is 9.63. The van der Waals surface area contributed by atoms with Crippen LogP contribution in [0.1, 0.15) is 0 Å². The van der Waals surface area contributed by atoms with E-state index in [0.717, 1.165) is 5.56 Å². The molecule has 1 aromatic heterocycles. The van der Waals surface area contributed by atoms with Crippen LogP contribution in [0.3, 0.4) is 0 Å². The number of rotatable bonds is 6. The highest BCUT2D eigenvalue weighted by Crippen LogP contribution is 2.30. The van der Waals surface area contributed by atoms with Crippen molar-refractivity contribution >= 4 is 26.7 Å². The van der Waals surface area contributed by atoms with Crippen LogP contribution in [-0.4, -0.2) is 56.8 Å². The Balaban J connectivity index is 1.50. The summed E-state index contributed by atoms with van der Waals surface area (Å²) in [7, 11) is -1.80. The molecule has 1 aliphatic heterocycles. The van der Waals surface area contributed by atoms with Crippen LogP contribution < -0.4 is 20.4 Å². The van der Waals surface area contributed by atoms with Crippen LogP contribution in [0.15, 0.2) is 57.7 Å². The summed E-state index contributed by atoms with van der Waals surface area (Å²) in [4.78, 5) is 24.2. The maximum atomic E-state index is 12.1. The largest absolute Gasteiger partial charge is 0.497 e. The summed E-state index contributed by atoms with van der Waals surface area (Å²) in [5, 5.41) is 12.9. The topological polar surface area (TPSA) is 132 Å². The summed E-state index contributed by atoms with van der Waals surface area (Å²) < 4.78 is 39.0. The third-order valence-corrected chi connectivity index (χ3v) is 6.87. The van der Waals surface area contributed by atoms with Crippen LogP contribution in [0.4, 0.5) is 0 Å². The Morgan fingerprint density at radius 3 is 2.50 bits per heavy atom. The van der Waals surface area contributed by atoms with Gasteiger partial charge in [-0.1, -0.05) is 12.1 Å². The summed E-state index contributed by atoms with van der Waals surface area (Å²) >= 11 is 0. The molecule has 2 aromatic carbocycles. The van der Waals surface area contributed by atoms with E-state index in [0.29, 0.717) is 28.0 Å². The Labute approximate surface area is 183 Å². The van der Waals surface area contributed by atoms with E-state index in [1.54, 1.807) is 31.4 Å². The number of hydrogen-bond acceptors (Lipinski definition) is 8. The Morgan fingerprint density at radius 1 is 1.12 bits per heavy atom. The van der Waals surface area contributed by atoms with Gasteiger partial charge in [0.05, 0.1) is 30.8 Å². The predicted molar refractivity (Wildman–Crippen MR) is 117 cm³/mol. The Hall–Kier alpha value is -3.37. The van der Waals surface area contributed by atoms with E-state index in [2.05, 4.69) is 5.32 Å². The Morgan fingerprint density at radius 2 is 1.84 bits per heavy atom. The number of aliphatic hydroxyl groups excluding tert-OH is 1. The molecule has 0 spiro atoms. The first-order valence-electron chi connectivity index (χ1n) is 9.77. The van der Waals surface area contributed by atoms with Crippen molar-refractivity contribution in [3.8, 4) is 22.6 Å². The molecule has 1 amide bonds. The van der Waals surface area contributed by atoms with E-state index >= 15 is 0 Å². The number of carbonyl (C=O) groups is 1. The van der Waals surface area contributed by atoms with Gasteiger partial charge in [0.25, 0.3) is 5.91 Å². The fraction of sp³-hybridized carbons (Fsp3) is 0.273. The summed E-state index contributed by atoms with van der Waals surface area (Å²) in [6, 6.07) is 12.6. The van der Waals surface area contributed by atoms with Crippen molar-refractivity contribution in [1.29, 1.82) is 0 Å². The Bertz CT molecular complexity index is 1310. The van der Waals surface area contributed by atoms with E-state index in [1.165, 1.54) is 12.1 Å². The Kier molecular flexibility index (Phi) is 5.90. The molecule has 2 heterocycles. The van der Waals surface area contributed by atoms with Crippen LogP contribution in [0.25, 0.3) is 22.1 Å². The average molecular weight is 459 g/mol. The molecule has 2 N–H and O–H groups in total. The van der Waals surface area contributed by atoms with E-state index in [1.807, 2.05) is 12.1 Å².